The third-order valence-electron chi connectivity index (χ3n) is 4.77. The van der Waals surface area contributed by atoms with Gasteiger partial charge in [0.2, 0.25) is 5.89 Å². The Hall–Kier alpha value is -2.59. The van der Waals surface area contributed by atoms with Crippen molar-refractivity contribution in [3.63, 3.8) is 0 Å². The van der Waals surface area contributed by atoms with Crippen molar-refractivity contribution >= 4 is 17.0 Å². The first-order valence-corrected chi connectivity index (χ1v) is 8.46. The van der Waals surface area contributed by atoms with Gasteiger partial charge < -0.3 is 24.2 Å². The standard InChI is InChI=1S/C16H21N7O3/c1-10-20-15(26-21-10)11-3-22(4-11)13-12-14(18-8-17-13)23(9-19-12)5-16(2,6-24)7-25/h8-9,11,24-25H,3-7H2,1-2H3. The van der Waals surface area contributed by atoms with Crippen molar-refractivity contribution in [2.75, 3.05) is 31.2 Å². The number of aryl methyl sites for hydroxylation is 1. The van der Waals surface area contributed by atoms with Gasteiger partial charge in [-0.1, -0.05) is 12.1 Å². The van der Waals surface area contributed by atoms with Crippen LogP contribution < -0.4 is 4.90 Å². The van der Waals surface area contributed by atoms with Crippen molar-refractivity contribution in [3.8, 4) is 0 Å². The molecule has 1 saturated heterocycles. The zero-order chi connectivity index (χ0) is 18.3. The predicted octanol–water partition coefficient (Wildman–Crippen LogP) is 0.112. The Labute approximate surface area is 149 Å². The molecule has 3 aromatic rings. The second-order valence-corrected chi connectivity index (χ2v) is 7.15. The molecule has 138 valence electrons. The van der Waals surface area contributed by atoms with E-state index in [-0.39, 0.29) is 19.1 Å². The summed E-state index contributed by atoms with van der Waals surface area (Å²) in [5.41, 5.74) is 0.738. The van der Waals surface area contributed by atoms with Gasteiger partial charge >= 0.3 is 0 Å². The average molecular weight is 359 g/mol. The number of rotatable bonds is 6. The van der Waals surface area contributed by atoms with Gasteiger partial charge in [0.1, 0.15) is 6.33 Å². The number of aliphatic hydroxyl groups excluding tert-OH is 2. The van der Waals surface area contributed by atoms with Crippen LogP contribution in [0.3, 0.4) is 0 Å². The van der Waals surface area contributed by atoms with Crippen LogP contribution in [0.4, 0.5) is 5.82 Å². The number of fused-ring (bicyclic) bond motifs is 1. The second kappa shape index (κ2) is 6.29. The summed E-state index contributed by atoms with van der Waals surface area (Å²) in [6.45, 7) is 5.23. The molecule has 1 aliphatic rings. The van der Waals surface area contributed by atoms with E-state index in [0.29, 0.717) is 29.4 Å². The van der Waals surface area contributed by atoms with E-state index in [1.54, 1.807) is 13.3 Å². The lowest BCUT2D eigenvalue weighted by Crippen LogP contribution is -2.45. The third kappa shape index (κ3) is 2.80. The molecule has 0 radical (unpaired) electrons. The molecular weight excluding hydrogens is 338 g/mol. The number of aromatic nitrogens is 6. The lowest BCUT2D eigenvalue weighted by molar-refractivity contribution is 0.0562. The third-order valence-corrected chi connectivity index (χ3v) is 4.77. The van der Waals surface area contributed by atoms with Gasteiger partial charge in [0, 0.05) is 25.0 Å². The van der Waals surface area contributed by atoms with Gasteiger partial charge in [-0.15, -0.1) is 0 Å². The zero-order valence-electron chi connectivity index (χ0n) is 14.7. The Kier molecular flexibility index (Phi) is 4.08. The van der Waals surface area contributed by atoms with Crippen LogP contribution in [0.15, 0.2) is 17.2 Å². The number of imidazole rings is 1. The molecule has 0 atom stereocenters. The smallest absolute Gasteiger partial charge is 0.233 e. The van der Waals surface area contributed by atoms with Crippen molar-refractivity contribution in [1.29, 1.82) is 0 Å². The normalized spacial score (nSPS) is 15.6. The first-order valence-electron chi connectivity index (χ1n) is 8.46. The van der Waals surface area contributed by atoms with E-state index in [1.807, 2.05) is 11.5 Å². The van der Waals surface area contributed by atoms with Gasteiger partial charge in [0.05, 0.1) is 25.5 Å². The number of nitrogens with zero attached hydrogens (tertiary/aromatic N) is 7. The van der Waals surface area contributed by atoms with Crippen molar-refractivity contribution in [2.24, 2.45) is 5.41 Å². The van der Waals surface area contributed by atoms with Crippen LogP contribution in [-0.4, -0.2) is 66.2 Å². The molecule has 0 spiro atoms. The fourth-order valence-electron chi connectivity index (χ4n) is 3.06. The quantitative estimate of drug-likeness (QED) is 0.630. The topological polar surface area (TPSA) is 126 Å². The van der Waals surface area contributed by atoms with E-state index in [9.17, 15) is 10.2 Å². The van der Waals surface area contributed by atoms with Gasteiger partial charge in [-0.05, 0) is 6.92 Å². The highest BCUT2D eigenvalue weighted by Gasteiger charge is 2.35. The lowest BCUT2D eigenvalue weighted by Gasteiger charge is -2.37. The Balaban J connectivity index is 1.56. The molecule has 1 aliphatic heterocycles. The van der Waals surface area contributed by atoms with Gasteiger partial charge in [-0.3, -0.25) is 0 Å². The van der Waals surface area contributed by atoms with E-state index < -0.39 is 5.41 Å². The molecule has 0 aromatic carbocycles. The Morgan fingerprint density at radius 2 is 2.00 bits per heavy atom. The largest absolute Gasteiger partial charge is 0.396 e. The molecular formula is C16H21N7O3. The monoisotopic (exact) mass is 359 g/mol. The Bertz CT molecular complexity index is 912. The molecule has 4 rings (SSSR count). The molecule has 4 heterocycles. The van der Waals surface area contributed by atoms with Crippen LogP contribution in [0.1, 0.15) is 24.6 Å². The molecule has 1 fully saturated rings. The average Bonchev–Trinajstić information content (AvgIpc) is 3.21. The Morgan fingerprint density at radius 1 is 1.23 bits per heavy atom. The first kappa shape index (κ1) is 16.9. The minimum absolute atomic E-state index is 0.126. The molecule has 3 aromatic heterocycles. The van der Waals surface area contributed by atoms with Crippen LogP contribution in [0.25, 0.3) is 11.2 Å². The number of anilines is 1. The summed E-state index contributed by atoms with van der Waals surface area (Å²) in [5.74, 6) is 2.24. The number of hydrogen-bond acceptors (Lipinski definition) is 9. The van der Waals surface area contributed by atoms with Crippen LogP contribution >= 0.6 is 0 Å². The maximum atomic E-state index is 9.53. The van der Waals surface area contributed by atoms with Gasteiger partial charge in [0.15, 0.2) is 22.8 Å². The van der Waals surface area contributed by atoms with E-state index in [4.69, 9.17) is 4.52 Å². The SMILES string of the molecule is Cc1noc(C2CN(c3ncnc4c3ncn4CC(C)(CO)CO)C2)n1. The molecule has 0 saturated carbocycles. The van der Waals surface area contributed by atoms with E-state index >= 15 is 0 Å². The van der Waals surface area contributed by atoms with Crippen LogP contribution in [0, 0.1) is 12.3 Å². The molecule has 2 N–H and O–H groups in total. The summed E-state index contributed by atoms with van der Waals surface area (Å²) in [6.07, 6.45) is 3.18. The first-order chi connectivity index (χ1) is 12.5. The van der Waals surface area contributed by atoms with Crippen molar-refractivity contribution in [3.05, 3.63) is 24.4 Å². The molecule has 10 nitrogen and oxygen atoms in total. The van der Waals surface area contributed by atoms with Crippen molar-refractivity contribution in [2.45, 2.75) is 26.3 Å². The van der Waals surface area contributed by atoms with Gasteiger partial charge in [-0.2, -0.15) is 4.98 Å². The summed E-state index contributed by atoms with van der Waals surface area (Å²) in [5, 5.41) is 22.9. The molecule has 10 heteroatoms. The summed E-state index contributed by atoms with van der Waals surface area (Å²) >= 11 is 0. The minimum atomic E-state index is -0.642. The zero-order valence-corrected chi connectivity index (χ0v) is 14.7. The molecule has 0 bridgehead atoms. The number of hydrogen-bond donors (Lipinski definition) is 2. The van der Waals surface area contributed by atoms with E-state index in [2.05, 4.69) is 30.0 Å². The summed E-state index contributed by atoms with van der Waals surface area (Å²) in [4.78, 5) is 19.6. The predicted molar refractivity (Wildman–Crippen MR) is 91.6 cm³/mol. The lowest BCUT2D eigenvalue weighted by atomic mass is 9.93. The molecule has 0 amide bonds. The van der Waals surface area contributed by atoms with E-state index in [1.165, 1.54) is 6.33 Å². The summed E-state index contributed by atoms with van der Waals surface area (Å²) < 4.78 is 7.07. The minimum Gasteiger partial charge on any atom is -0.396 e. The Morgan fingerprint density at radius 3 is 2.65 bits per heavy atom. The summed E-state index contributed by atoms with van der Waals surface area (Å²) in [6, 6.07) is 0. The van der Waals surface area contributed by atoms with Gasteiger partial charge in [0.25, 0.3) is 0 Å². The molecule has 0 aliphatic carbocycles. The maximum absolute atomic E-state index is 9.53. The highest BCUT2D eigenvalue weighted by molar-refractivity contribution is 5.83. The molecule has 26 heavy (non-hydrogen) atoms. The summed E-state index contributed by atoms with van der Waals surface area (Å²) in [7, 11) is 0. The fraction of sp³-hybridized carbons (Fsp3) is 0.562. The number of aliphatic hydroxyl groups is 2. The van der Waals surface area contributed by atoms with Crippen LogP contribution in [-0.2, 0) is 6.54 Å². The van der Waals surface area contributed by atoms with Crippen molar-refractivity contribution < 1.29 is 14.7 Å². The van der Waals surface area contributed by atoms with Crippen LogP contribution in [0.5, 0.6) is 0 Å². The second-order valence-electron chi connectivity index (χ2n) is 7.15. The highest BCUT2D eigenvalue weighted by Crippen LogP contribution is 2.33. The maximum Gasteiger partial charge on any atom is 0.233 e. The van der Waals surface area contributed by atoms with Gasteiger partial charge in [-0.25, -0.2) is 15.0 Å². The molecule has 0 unspecified atom stereocenters. The van der Waals surface area contributed by atoms with Crippen molar-refractivity contribution in [1.82, 2.24) is 29.7 Å². The van der Waals surface area contributed by atoms with E-state index in [0.717, 1.165) is 18.9 Å². The highest BCUT2D eigenvalue weighted by atomic mass is 16.5. The fourth-order valence-corrected chi connectivity index (χ4v) is 3.06. The van der Waals surface area contributed by atoms with Crippen LogP contribution in [0.2, 0.25) is 0 Å².